The monoisotopic (exact) mass is 391 g/mol. The van der Waals surface area contributed by atoms with Crippen molar-refractivity contribution in [3.8, 4) is 11.6 Å². The van der Waals surface area contributed by atoms with Gasteiger partial charge in [-0.2, -0.15) is 9.61 Å². The molecule has 0 bridgehead atoms. The molecule has 3 heterocycles. The van der Waals surface area contributed by atoms with Crippen LogP contribution in [-0.2, 0) is 0 Å². The predicted octanol–water partition coefficient (Wildman–Crippen LogP) is -1.63. The zero-order chi connectivity index (χ0) is 18.8. The van der Waals surface area contributed by atoms with Crippen LogP contribution in [0.15, 0.2) is 30.6 Å². The van der Waals surface area contributed by atoms with Crippen LogP contribution in [0.1, 0.15) is 16.5 Å². The first-order chi connectivity index (χ1) is 13.2. The Labute approximate surface area is 161 Å². The van der Waals surface area contributed by atoms with E-state index < -0.39 is 0 Å². The number of nitrogens with one attached hydrogen (secondary N) is 2. The predicted molar refractivity (Wildman–Crippen MR) is 101 cm³/mol. The molecule has 0 unspecified atom stereocenters. The minimum absolute atomic E-state index is 0.00993. The van der Waals surface area contributed by atoms with Gasteiger partial charge in [-0.25, -0.2) is 4.98 Å². The Balaban J connectivity index is 1.71. The number of aliphatic hydroxyl groups excluding tert-OH is 1. The number of fused-ring (bicyclic) bond motifs is 1. The highest BCUT2D eigenvalue weighted by atomic mass is 32.1. The number of ether oxygens (including phenoxy) is 1. The van der Waals surface area contributed by atoms with Crippen molar-refractivity contribution in [3.63, 3.8) is 0 Å². The molecule has 2 aromatic heterocycles. The Kier molecular flexibility index (Phi) is 5.26. The normalized spacial score (nSPS) is 21.4. The van der Waals surface area contributed by atoms with Crippen LogP contribution in [0, 0.1) is 0 Å². The van der Waals surface area contributed by atoms with E-state index in [1.807, 2.05) is 18.2 Å². The number of aliphatic hydroxyl groups is 1. The van der Waals surface area contributed by atoms with Gasteiger partial charge in [0, 0.05) is 5.56 Å². The fourth-order valence-corrected chi connectivity index (χ4v) is 5.01. The third-order valence-electron chi connectivity index (χ3n) is 5.30. The molecule has 4 N–H and O–H groups in total. The van der Waals surface area contributed by atoms with E-state index in [0.29, 0.717) is 4.96 Å². The first-order valence-corrected chi connectivity index (χ1v) is 9.97. The molecule has 0 amide bonds. The second-order valence-electron chi connectivity index (χ2n) is 6.84. The van der Waals surface area contributed by atoms with Gasteiger partial charge in [-0.3, -0.25) is 0 Å². The molecular formula is C18H25N5O3S+2. The molecule has 27 heavy (non-hydrogen) atoms. The zero-order valence-corrected chi connectivity index (χ0v) is 16.1. The molecule has 0 aliphatic carbocycles. The third kappa shape index (κ3) is 3.51. The van der Waals surface area contributed by atoms with E-state index in [-0.39, 0.29) is 18.5 Å². The van der Waals surface area contributed by atoms with Gasteiger partial charge in [0.05, 0.1) is 13.7 Å². The summed E-state index contributed by atoms with van der Waals surface area (Å²) in [6.07, 6.45) is 1.46. The van der Waals surface area contributed by atoms with Crippen LogP contribution in [0.5, 0.6) is 11.6 Å². The Hall–Kier alpha value is -2.20. The lowest BCUT2D eigenvalue weighted by Crippen LogP contribution is -3.28. The van der Waals surface area contributed by atoms with Gasteiger partial charge in [0.1, 0.15) is 49.7 Å². The highest BCUT2D eigenvalue weighted by Gasteiger charge is 2.36. The fraction of sp³-hybridized carbons (Fsp3) is 0.444. The van der Waals surface area contributed by atoms with Gasteiger partial charge in [-0.05, 0) is 12.1 Å². The zero-order valence-electron chi connectivity index (χ0n) is 15.3. The summed E-state index contributed by atoms with van der Waals surface area (Å²) in [5.74, 6) is 0.971. The number of thiazole rings is 1. The van der Waals surface area contributed by atoms with Gasteiger partial charge in [0.25, 0.3) is 0 Å². The molecule has 8 nitrogen and oxygen atoms in total. The van der Waals surface area contributed by atoms with Crippen LogP contribution in [0.4, 0.5) is 0 Å². The van der Waals surface area contributed by atoms with Crippen molar-refractivity contribution in [3.05, 3.63) is 41.0 Å². The smallest absolute Gasteiger partial charge is 0.235 e. The van der Waals surface area contributed by atoms with Crippen molar-refractivity contribution in [2.45, 2.75) is 6.04 Å². The lowest BCUT2D eigenvalue weighted by molar-refractivity contribution is -1.02. The quantitative estimate of drug-likeness (QED) is 0.405. The molecule has 9 heteroatoms. The first kappa shape index (κ1) is 18.2. The van der Waals surface area contributed by atoms with Gasteiger partial charge in [0.15, 0.2) is 6.04 Å². The number of methoxy groups -OCH3 is 1. The van der Waals surface area contributed by atoms with Crippen LogP contribution in [0.3, 0.4) is 0 Å². The van der Waals surface area contributed by atoms with E-state index in [2.05, 4.69) is 16.1 Å². The van der Waals surface area contributed by atoms with E-state index in [9.17, 15) is 10.2 Å². The van der Waals surface area contributed by atoms with Gasteiger partial charge in [-0.15, -0.1) is 0 Å². The average molecular weight is 391 g/mol. The SMILES string of the molecule is COc1cccc([C@@H](c2sc3ncnn3c2O)[NH+]2CC[NH+](CCO)CC2)c1. The molecule has 1 aliphatic heterocycles. The van der Waals surface area contributed by atoms with Crippen LogP contribution >= 0.6 is 11.3 Å². The molecule has 0 saturated carbocycles. The summed E-state index contributed by atoms with van der Waals surface area (Å²) >= 11 is 1.48. The van der Waals surface area contributed by atoms with Crippen molar-refractivity contribution in [2.75, 3.05) is 46.4 Å². The number of rotatable bonds is 6. The maximum absolute atomic E-state index is 10.8. The average Bonchev–Trinajstić information content (AvgIpc) is 3.27. The van der Waals surface area contributed by atoms with Crippen LogP contribution in [0.25, 0.3) is 4.96 Å². The summed E-state index contributed by atoms with van der Waals surface area (Å²) in [5, 5.41) is 24.1. The maximum Gasteiger partial charge on any atom is 0.235 e. The van der Waals surface area contributed by atoms with E-state index >= 15 is 0 Å². The molecule has 1 atom stereocenters. The second kappa shape index (κ2) is 7.81. The van der Waals surface area contributed by atoms with Crippen LogP contribution < -0.4 is 14.5 Å². The highest BCUT2D eigenvalue weighted by Crippen LogP contribution is 2.35. The highest BCUT2D eigenvalue weighted by molar-refractivity contribution is 7.17. The van der Waals surface area contributed by atoms with Crippen molar-refractivity contribution >= 4 is 16.3 Å². The molecule has 4 rings (SSSR count). The number of quaternary nitrogens is 2. The summed E-state index contributed by atoms with van der Waals surface area (Å²) in [6.45, 7) is 4.93. The van der Waals surface area contributed by atoms with Gasteiger partial charge in [0.2, 0.25) is 10.8 Å². The molecule has 1 aromatic carbocycles. The number of aromatic nitrogens is 3. The summed E-state index contributed by atoms with van der Waals surface area (Å²) < 4.78 is 6.92. The number of nitrogens with zero attached hydrogens (tertiary/aromatic N) is 3. The number of hydrogen-bond donors (Lipinski definition) is 4. The number of aromatic hydroxyl groups is 1. The van der Waals surface area contributed by atoms with E-state index in [1.165, 1.54) is 32.0 Å². The maximum atomic E-state index is 10.8. The minimum atomic E-state index is -0.00993. The number of hydrogen-bond acceptors (Lipinski definition) is 6. The second-order valence-corrected chi connectivity index (χ2v) is 7.84. The molecule has 1 fully saturated rings. The fourth-order valence-electron chi connectivity index (χ4n) is 3.90. The largest absolute Gasteiger partial charge is 0.497 e. The van der Waals surface area contributed by atoms with E-state index in [1.54, 1.807) is 7.11 Å². The molecule has 0 radical (unpaired) electrons. The Morgan fingerprint density at radius 1 is 1.30 bits per heavy atom. The lowest BCUT2D eigenvalue weighted by Gasteiger charge is -2.34. The van der Waals surface area contributed by atoms with E-state index in [4.69, 9.17) is 4.74 Å². The van der Waals surface area contributed by atoms with Gasteiger partial charge >= 0.3 is 0 Å². The molecule has 3 aromatic rings. The Morgan fingerprint density at radius 3 is 2.81 bits per heavy atom. The standard InChI is InChI=1S/C18H23N5O3S/c1-26-14-4-2-3-13(11-14)15(22-7-5-21(6-8-22)9-10-24)16-17(25)23-18(27-16)19-12-20-23/h2-4,11-12,15,24-25H,5-10H2,1H3/p+2/t15-/m0/s1. The lowest BCUT2D eigenvalue weighted by atomic mass is 10.0. The molecule has 0 spiro atoms. The molecular weight excluding hydrogens is 366 g/mol. The van der Waals surface area contributed by atoms with Crippen molar-refractivity contribution in [2.24, 2.45) is 0 Å². The minimum Gasteiger partial charge on any atom is -0.497 e. The molecule has 1 aliphatic rings. The summed E-state index contributed by atoms with van der Waals surface area (Å²) in [7, 11) is 1.67. The molecule has 1 saturated heterocycles. The summed E-state index contributed by atoms with van der Waals surface area (Å²) in [4.78, 5) is 8.63. The van der Waals surface area contributed by atoms with Crippen LogP contribution in [-0.4, -0.2) is 71.3 Å². The number of benzene rings is 1. The topological polar surface area (TPSA) is 88.8 Å². The molecule has 144 valence electrons. The first-order valence-electron chi connectivity index (χ1n) is 9.15. The Morgan fingerprint density at radius 2 is 2.11 bits per heavy atom. The van der Waals surface area contributed by atoms with Crippen LogP contribution in [0.2, 0.25) is 0 Å². The van der Waals surface area contributed by atoms with Crippen molar-refractivity contribution < 1.29 is 24.7 Å². The van der Waals surface area contributed by atoms with Crippen molar-refractivity contribution in [1.82, 2.24) is 14.6 Å². The Bertz CT molecular complexity index is 903. The van der Waals surface area contributed by atoms with Gasteiger partial charge in [-0.1, -0.05) is 23.5 Å². The summed E-state index contributed by atoms with van der Waals surface area (Å²) in [6, 6.07) is 8.04. The summed E-state index contributed by atoms with van der Waals surface area (Å²) in [5.41, 5.74) is 1.11. The number of piperazine rings is 1. The van der Waals surface area contributed by atoms with Crippen molar-refractivity contribution in [1.29, 1.82) is 0 Å². The van der Waals surface area contributed by atoms with E-state index in [0.717, 1.165) is 48.9 Å². The third-order valence-corrected chi connectivity index (χ3v) is 6.40. The van der Waals surface area contributed by atoms with Gasteiger partial charge < -0.3 is 24.7 Å².